The van der Waals surface area contributed by atoms with Crippen molar-refractivity contribution >= 4 is 29.3 Å². The molecular weight excluding hydrogens is 352 g/mol. The van der Waals surface area contributed by atoms with Crippen molar-refractivity contribution in [3.05, 3.63) is 41.7 Å². The number of nitrogens with zero attached hydrogens (tertiary/aromatic N) is 2. The second kappa shape index (κ2) is 9.98. The number of rotatable bonds is 9. The van der Waals surface area contributed by atoms with Crippen LogP contribution in [0.25, 0.3) is 0 Å². The van der Waals surface area contributed by atoms with E-state index in [0.717, 1.165) is 12.1 Å². The molecule has 0 aliphatic carbocycles. The highest BCUT2D eigenvalue weighted by molar-refractivity contribution is 7.99. The Morgan fingerprint density at radius 3 is 2.54 bits per heavy atom. The molecule has 3 N–H and O–H groups in total. The van der Waals surface area contributed by atoms with E-state index >= 15 is 0 Å². The molecule has 140 valence electrons. The molecular formula is C18H24N4O3S. The standard InChI is InChI=1S/C18H24N4O3S/c1-3-13-5-7-14(8-6-13)21-17(25)12-26-18-20-9-15(11-23)22(18)10-16(24)19-4-2/h5-9,23H,3-4,10-12H2,1-2H3,(H,19,24)(H,21,25). The van der Waals surface area contributed by atoms with Gasteiger partial charge >= 0.3 is 0 Å². The predicted octanol–water partition coefficient (Wildman–Crippen LogP) is 1.80. The molecule has 7 nitrogen and oxygen atoms in total. The highest BCUT2D eigenvalue weighted by Crippen LogP contribution is 2.19. The Bertz CT molecular complexity index is 743. The van der Waals surface area contributed by atoms with Crippen molar-refractivity contribution in [3.8, 4) is 0 Å². The predicted molar refractivity (Wildman–Crippen MR) is 102 cm³/mol. The third kappa shape index (κ3) is 5.60. The minimum atomic E-state index is -0.219. The zero-order chi connectivity index (χ0) is 18.9. The second-order valence-corrected chi connectivity index (χ2v) is 6.56. The normalized spacial score (nSPS) is 10.6. The Hall–Kier alpha value is -2.32. The number of carbonyl (C=O) groups excluding carboxylic acids is 2. The van der Waals surface area contributed by atoms with Crippen molar-refractivity contribution in [1.29, 1.82) is 0 Å². The first-order chi connectivity index (χ1) is 12.6. The van der Waals surface area contributed by atoms with Crippen molar-refractivity contribution in [2.45, 2.75) is 38.6 Å². The number of nitrogens with one attached hydrogen (secondary N) is 2. The monoisotopic (exact) mass is 376 g/mol. The number of amides is 2. The number of hydrogen-bond donors (Lipinski definition) is 3. The molecule has 2 aromatic rings. The van der Waals surface area contributed by atoms with Gasteiger partial charge in [0.25, 0.3) is 0 Å². The third-order valence-corrected chi connectivity index (χ3v) is 4.71. The zero-order valence-corrected chi connectivity index (χ0v) is 15.8. The summed E-state index contributed by atoms with van der Waals surface area (Å²) >= 11 is 1.23. The zero-order valence-electron chi connectivity index (χ0n) is 15.0. The largest absolute Gasteiger partial charge is 0.390 e. The van der Waals surface area contributed by atoms with Gasteiger partial charge in [0.05, 0.1) is 24.3 Å². The number of hydrogen-bond acceptors (Lipinski definition) is 5. The SMILES string of the molecule is CCNC(=O)Cn1c(CO)cnc1SCC(=O)Nc1ccc(CC)cc1. The van der Waals surface area contributed by atoms with Gasteiger partial charge < -0.3 is 20.3 Å². The van der Waals surface area contributed by atoms with E-state index < -0.39 is 0 Å². The van der Waals surface area contributed by atoms with Gasteiger partial charge in [-0.2, -0.15) is 0 Å². The summed E-state index contributed by atoms with van der Waals surface area (Å²) in [6.07, 6.45) is 2.47. The van der Waals surface area contributed by atoms with Gasteiger partial charge in [-0.15, -0.1) is 0 Å². The summed E-state index contributed by atoms with van der Waals surface area (Å²) in [4.78, 5) is 28.2. The first kappa shape index (κ1) is 20.0. The summed E-state index contributed by atoms with van der Waals surface area (Å²) in [7, 11) is 0. The van der Waals surface area contributed by atoms with E-state index in [1.807, 2.05) is 31.2 Å². The number of aromatic nitrogens is 2. The molecule has 0 aliphatic rings. The fourth-order valence-corrected chi connectivity index (χ4v) is 3.15. The van der Waals surface area contributed by atoms with E-state index in [2.05, 4.69) is 22.5 Å². The smallest absolute Gasteiger partial charge is 0.240 e. The van der Waals surface area contributed by atoms with E-state index in [1.165, 1.54) is 23.5 Å². The van der Waals surface area contributed by atoms with Gasteiger partial charge in [0.1, 0.15) is 6.54 Å². The highest BCUT2D eigenvalue weighted by atomic mass is 32.2. The molecule has 8 heteroatoms. The quantitative estimate of drug-likeness (QED) is 0.580. The first-order valence-electron chi connectivity index (χ1n) is 8.50. The van der Waals surface area contributed by atoms with Crippen molar-refractivity contribution in [1.82, 2.24) is 14.9 Å². The van der Waals surface area contributed by atoms with E-state index in [9.17, 15) is 14.7 Å². The van der Waals surface area contributed by atoms with Crippen LogP contribution in [0.3, 0.4) is 0 Å². The molecule has 1 aromatic carbocycles. The summed E-state index contributed by atoms with van der Waals surface area (Å²) in [5.74, 6) is -0.160. The maximum absolute atomic E-state index is 12.2. The number of carbonyl (C=O) groups is 2. The maximum atomic E-state index is 12.2. The van der Waals surface area contributed by atoms with Crippen LogP contribution in [-0.4, -0.2) is 38.8 Å². The number of likely N-dealkylation sites (N-methyl/N-ethyl adjacent to an activating group) is 1. The molecule has 2 amide bonds. The highest BCUT2D eigenvalue weighted by Gasteiger charge is 2.14. The molecule has 1 heterocycles. The molecule has 0 radical (unpaired) electrons. The van der Waals surface area contributed by atoms with Gasteiger partial charge in [0.15, 0.2) is 5.16 Å². The molecule has 0 saturated heterocycles. The van der Waals surface area contributed by atoms with E-state index in [-0.39, 0.29) is 30.7 Å². The third-order valence-electron chi connectivity index (χ3n) is 3.72. The van der Waals surface area contributed by atoms with Crippen LogP contribution in [0.4, 0.5) is 5.69 Å². The molecule has 0 bridgehead atoms. The minimum Gasteiger partial charge on any atom is -0.390 e. The maximum Gasteiger partial charge on any atom is 0.240 e. The number of aliphatic hydroxyl groups excluding tert-OH is 1. The Morgan fingerprint density at radius 1 is 1.19 bits per heavy atom. The lowest BCUT2D eigenvalue weighted by atomic mass is 10.1. The van der Waals surface area contributed by atoms with Crippen molar-refractivity contribution in [2.24, 2.45) is 0 Å². The Morgan fingerprint density at radius 2 is 1.92 bits per heavy atom. The Kier molecular flexibility index (Phi) is 7.68. The fraction of sp³-hybridized carbons (Fsp3) is 0.389. The first-order valence-corrected chi connectivity index (χ1v) is 9.49. The van der Waals surface area contributed by atoms with Crippen LogP contribution >= 0.6 is 11.8 Å². The number of thioether (sulfide) groups is 1. The van der Waals surface area contributed by atoms with Crippen LogP contribution in [0, 0.1) is 0 Å². The molecule has 1 aromatic heterocycles. The number of aliphatic hydroxyl groups is 1. The molecule has 2 rings (SSSR count). The van der Waals surface area contributed by atoms with Crippen LogP contribution in [0.5, 0.6) is 0 Å². The van der Waals surface area contributed by atoms with Gasteiger partial charge in [0.2, 0.25) is 11.8 Å². The lowest BCUT2D eigenvalue weighted by Crippen LogP contribution is -2.28. The minimum absolute atomic E-state index is 0.0617. The number of imidazole rings is 1. The summed E-state index contributed by atoms with van der Waals surface area (Å²) in [6, 6.07) is 7.72. The Balaban J connectivity index is 1.96. The van der Waals surface area contributed by atoms with Gasteiger partial charge in [-0.3, -0.25) is 9.59 Å². The topological polar surface area (TPSA) is 96.2 Å². The lowest BCUT2D eigenvalue weighted by Gasteiger charge is -2.10. The van der Waals surface area contributed by atoms with E-state index in [1.54, 1.807) is 4.57 Å². The molecule has 0 unspecified atom stereocenters. The van der Waals surface area contributed by atoms with Gasteiger partial charge in [0, 0.05) is 12.2 Å². The average Bonchev–Trinajstić information content (AvgIpc) is 3.02. The summed E-state index contributed by atoms with van der Waals surface area (Å²) < 4.78 is 1.62. The van der Waals surface area contributed by atoms with Crippen molar-refractivity contribution < 1.29 is 14.7 Å². The number of anilines is 1. The van der Waals surface area contributed by atoms with Crippen LogP contribution < -0.4 is 10.6 Å². The van der Waals surface area contributed by atoms with Crippen molar-refractivity contribution in [2.75, 3.05) is 17.6 Å². The molecule has 0 aliphatic heterocycles. The summed E-state index contributed by atoms with van der Waals surface area (Å²) in [6.45, 7) is 4.29. The van der Waals surface area contributed by atoms with Crippen molar-refractivity contribution in [3.63, 3.8) is 0 Å². The Labute approximate surface area is 157 Å². The molecule has 0 spiro atoms. The number of benzene rings is 1. The van der Waals surface area contributed by atoms with Gasteiger partial charge in [-0.25, -0.2) is 4.98 Å². The second-order valence-electron chi connectivity index (χ2n) is 5.62. The molecule has 0 atom stereocenters. The van der Waals surface area contributed by atoms with Gasteiger partial charge in [-0.05, 0) is 31.0 Å². The molecule has 0 fully saturated rings. The van der Waals surface area contributed by atoms with Crippen LogP contribution in [0.1, 0.15) is 25.1 Å². The van der Waals surface area contributed by atoms with Gasteiger partial charge in [-0.1, -0.05) is 30.8 Å². The lowest BCUT2D eigenvalue weighted by molar-refractivity contribution is -0.121. The summed E-state index contributed by atoms with van der Waals surface area (Å²) in [5.41, 5.74) is 2.49. The fourth-order valence-electron chi connectivity index (χ4n) is 2.35. The van der Waals surface area contributed by atoms with Crippen LogP contribution in [0.2, 0.25) is 0 Å². The molecule has 26 heavy (non-hydrogen) atoms. The van der Waals surface area contributed by atoms with E-state index in [0.29, 0.717) is 17.4 Å². The van der Waals surface area contributed by atoms with E-state index in [4.69, 9.17) is 0 Å². The van der Waals surface area contributed by atoms with Crippen LogP contribution in [0.15, 0.2) is 35.6 Å². The summed E-state index contributed by atoms with van der Waals surface area (Å²) in [5, 5.41) is 15.5. The molecule has 0 saturated carbocycles. The van der Waals surface area contributed by atoms with Crippen LogP contribution in [-0.2, 0) is 29.2 Å². The number of aryl methyl sites for hydroxylation is 1. The average molecular weight is 376 g/mol.